The van der Waals surface area contributed by atoms with Gasteiger partial charge in [-0.3, -0.25) is 10.4 Å². The van der Waals surface area contributed by atoms with E-state index in [1.807, 2.05) is 12.1 Å². The smallest absolute Gasteiger partial charge is 0.141 e. The second-order valence-electron chi connectivity index (χ2n) is 4.70. The minimum atomic E-state index is 0.0196. The molecule has 1 aliphatic heterocycles. The van der Waals surface area contributed by atoms with Crippen molar-refractivity contribution >= 4 is 11.5 Å². The molecule has 5 heteroatoms. The number of nitrogen functional groups attached to an aromatic ring is 1. The average molecular weight is 248 g/mol. The van der Waals surface area contributed by atoms with E-state index in [-0.39, 0.29) is 5.84 Å². The van der Waals surface area contributed by atoms with Crippen LogP contribution in [0.3, 0.4) is 0 Å². The van der Waals surface area contributed by atoms with Crippen molar-refractivity contribution in [2.45, 2.75) is 12.8 Å². The zero-order valence-corrected chi connectivity index (χ0v) is 10.7. The Labute approximate surface area is 107 Å². The first kappa shape index (κ1) is 12.8. The van der Waals surface area contributed by atoms with Gasteiger partial charge in [0, 0.05) is 38.7 Å². The molecule has 1 saturated heterocycles. The number of ether oxygens (including phenoxy) is 1. The first-order valence-electron chi connectivity index (χ1n) is 6.25. The van der Waals surface area contributed by atoms with Gasteiger partial charge in [-0.1, -0.05) is 0 Å². The Bertz CT molecular complexity index is 413. The van der Waals surface area contributed by atoms with Gasteiger partial charge in [-0.15, -0.1) is 0 Å². The standard InChI is InChI=1S/C13H20N4O/c1-18-9-10-3-6-17(7-4-10)11-2-5-16-12(8-11)13(14)15/h2,5,8,10H,3-4,6-7,9H2,1H3,(H3,14,15). The molecule has 0 bridgehead atoms. The van der Waals surface area contributed by atoms with Crippen molar-refractivity contribution in [3.63, 3.8) is 0 Å². The predicted octanol–water partition coefficient (Wildman–Crippen LogP) is 1.23. The zero-order chi connectivity index (χ0) is 13.0. The molecule has 1 aromatic heterocycles. The molecule has 0 aliphatic carbocycles. The monoisotopic (exact) mass is 248 g/mol. The molecule has 3 N–H and O–H groups in total. The van der Waals surface area contributed by atoms with Gasteiger partial charge in [-0.25, -0.2) is 0 Å². The second-order valence-corrected chi connectivity index (χ2v) is 4.70. The highest BCUT2D eigenvalue weighted by Crippen LogP contribution is 2.23. The number of hydrogen-bond donors (Lipinski definition) is 2. The molecule has 1 aromatic rings. The van der Waals surface area contributed by atoms with Gasteiger partial charge in [0.05, 0.1) is 0 Å². The summed E-state index contributed by atoms with van der Waals surface area (Å²) in [4.78, 5) is 6.40. The predicted molar refractivity (Wildman–Crippen MR) is 72.1 cm³/mol. The van der Waals surface area contributed by atoms with Crippen molar-refractivity contribution in [2.75, 3.05) is 31.7 Å². The lowest BCUT2D eigenvalue weighted by Crippen LogP contribution is -2.35. The quantitative estimate of drug-likeness (QED) is 0.620. The van der Waals surface area contributed by atoms with Gasteiger partial charge < -0.3 is 15.4 Å². The number of nitrogens with zero attached hydrogens (tertiary/aromatic N) is 2. The highest BCUT2D eigenvalue weighted by molar-refractivity contribution is 5.93. The zero-order valence-electron chi connectivity index (χ0n) is 10.7. The fourth-order valence-corrected chi connectivity index (χ4v) is 2.36. The molecule has 98 valence electrons. The molecule has 5 nitrogen and oxygen atoms in total. The average Bonchev–Trinajstić information content (AvgIpc) is 2.40. The molecule has 2 rings (SSSR count). The summed E-state index contributed by atoms with van der Waals surface area (Å²) >= 11 is 0. The molecule has 0 unspecified atom stereocenters. The van der Waals surface area contributed by atoms with Crippen LogP contribution in [-0.4, -0.2) is 37.6 Å². The SMILES string of the molecule is COCC1CCN(c2ccnc(C(=N)N)c2)CC1. The van der Waals surface area contributed by atoms with Gasteiger partial charge in [0.15, 0.2) is 0 Å². The van der Waals surface area contributed by atoms with Crippen molar-refractivity contribution in [2.24, 2.45) is 11.7 Å². The lowest BCUT2D eigenvalue weighted by atomic mass is 9.97. The second kappa shape index (κ2) is 5.82. The number of amidine groups is 1. The Kier molecular flexibility index (Phi) is 4.15. The molecular weight excluding hydrogens is 228 g/mol. The van der Waals surface area contributed by atoms with E-state index < -0.39 is 0 Å². The summed E-state index contributed by atoms with van der Waals surface area (Å²) in [5, 5.41) is 7.41. The highest BCUT2D eigenvalue weighted by Gasteiger charge is 2.19. The van der Waals surface area contributed by atoms with Gasteiger partial charge in [0.1, 0.15) is 11.5 Å². The van der Waals surface area contributed by atoms with Crippen LogP contribution in [0, 0.1) is 11.3 Å². The number of rotatable bonds is 4. The number of methoxy groups -OCH3 is 1. The molecule has 0 radical (unpaired) electrons. The third kappa shape index (κ3) is 2.98. The maximum Gasteiger partial charge on any atom is 0.141 e. The first-order chi connectivity index (χ1) is 8.70. The largest absolute Gasteiger partial charge is 0.384 e. The maximum atomic E-state index is 7.41. The summed E-state index contributed by atoms with van der Waals surface area (Å²) in [5.74, 6) is 0.687. The van der Waals surface area contributed by atoms with E-state index in [2.05, 4.69) is 9.88 Å². The summed E-state index contributed by atoms with van der Waals surface area (Å²) in [5.41, 5.74) is 7.11. The van der Waals surface area contributed by atoms with Crippen LogP contribution in [0.25, 0.3) is 0 Å². The molecule has 1 aliphatic rings. The van der Waals surface area contributed by atoms with Crippen molar-refractivity contribution in [1.82, 2.24) is 4.98 Å². The Morgan fingerprint density at radius 2 is 2.28 bits per heavy atom. The summed E-state index contributed by atoms with van der Waals surface area (Å²) in [7, 11) is 1.76. The number of hydrogen-bond acceptors (Lipinski definition) is 4. The topological polar surface area (TPSA) is 75.2 Å². The van der Waals surface area contributed by atoms with E-state index in [0.29, 0.717) is 11.6 Å². The van der Waals surface area contributed by atoms with Crippen molar-refractivity contribution in [3.05, 3.63) is 24.0 Å². The van der Waals surface area contributed by atoms with Crippen LogP contribution in [0.5, 0.6) is 0 Å². The lowest BCUT2D eigenvalue weighted by Gasteiger charge is -2.33. The summed E-state index contributed by atoms with van der Waals surface area (Å²) in [6.45, 7) is 2.90. The minimum Gasteiger partial charge on any atom is -0.384 e. The molecule has 0 amide bonds. The van der Waals surface area contributed by atoms with E-state index >= 15 is 0 Å². The Morgan fingerprint density at radius 3 is 2.89 bits per heavy atom. The number of piperidine rings is 1. The van der Waals surface area contributed by atoms with E-state index in [1.54, 1.807) is 13.3 Å². The highest BCUT2D eigenvalue weighted by atomic mass is 16.5. The number of nitrogens with two attached hydrogens (primary N) is 1. The van der Waals surface area contributed by atoms with Crippen molar-refractivity contribution in [1.29, 1.82) is 5.41 Å². The van der Waals surface area contributed by atoms with Crippen molar-refractivity contribution < 1.29 is 4.74 Å². The van der Waals surface area contributed by atoms with Crippen LogP contribution in [0.4, 0.5) is 5.69 Å². The number of nitrogens with one attached hydrogen (secondary N) is 1. The molecule has 0 atom stereocenters. The normalized spacial score (nSPS) is 16.8. The summed E-state index contributed by atoms with van der Waals surface area (Å²) in [6, 6.07) is 3.86. The minimum absolute atomic E-state index is 0.0196. The Hall–Kier alpha value is -1.62. The Balaban J connectivity index is 2.01. The van der Waals surface area contributed by atoms with E-state index in [0.717, 1.165) is 38.2 Å². The van der Waals surface area contributed by atoms with Crippen LogP contribution in [0.2, 0.25) is 0 Å². The van der Waals surface area contributed by atoms with E-state index in [9.17, 15) is 0 Å². The third-order valence-corrected chi connectivity index (χ3v) is 3.40. The number of aromatic nitrogens is 1. The summed E-state index contributed by atoms with van der Waals surface area (Å²) < 4.78 is 5.20. The maximum absolute atomic E-state index is 7.41. The molecule has 0 saturated carbocycles. The van der Waals surface area contributed by atoms with Crippen molar-refractivity contribution in [3.8, 4) is 0 Å². The van der Waals surface area contributed by atoms with Gasteiger partial charge in [0.25, 0.3) is 0 Å². The Morgan fingerprint density at radius 1 is 1.56 bits per heavy atom. The molecule has 1 fully saturated rings. The van der Waals surface area contributed by atoms with E-state index in [4.69, 9.17) is 15.9 Å². The van der Waals surface area contributed by atoms with Crippen LogP contribution in [-0.2, 0) is 4.74 Å². The third-order valence-electron chi connectivity index (χ3n) is 3.40. The molecule has 0 spiro atoms. The van der Waals surface area contributed by atoms with Gasteiger partial charge >= 0.3 is 0 Å². The van der Waals surface area contributed by atoms with E-state index in [1.165, 1.54) is 0 Å². The van der Waals surface area contributed by atoms with Gasteiger partial charge in [0.2, 0.25) is 0 Å². The van der Waals surface area contributed by atoms with Crippen LogP contribution in [0.1, 0.15) is 18.5 Å². The van der Waals surface area contributed by atoms with Crippen LogP contribution >= 0.6 is 0 Å². The number of pyridine rings is 1. The lowest BCUT2D eigenvalue weighted by molar-refractivity contribution is 0.139. The first-order valence-corrected chi connectivity index (χ1v) is 6.25. The molecule has 0 aromatic carbocycles. The fourth-order valence-electron chi connectivity index (χ4n) is 2.36. The van der Waals surface area contributed by atoms with Crippen LogP contribution in [0.15, 0.2) is 18.3 Å². The summed E-state index contributed by atoms with van der Waals surface area (Å²) in [6.07, 6.45) is 4.00. The number of anilines is 1. The molecule has 2 heterocycles. The molecular formula is C13H20N4O. The van der Waals surface area contributed by atoms with Gasteiger partial charge in [-0.2, -0.15) is 0 Å². The van der Waals surface area contributed by atoms with Crippen LogP contribution < -0.4 is 10.6 Å². The molecule has 18 heavy (non-hydrogen) atoms. The van der Waals surface area contributed by atoms with Gasteiger partial charge in [-0.05, 0) is 30.9 Å². The fraction of sp³-hybridized carbons (Fsp3) is 0.538.